The molecular weight excluding hydrogens is 639 g/mol. The number of para-hydroxylation sites is 1. The van der Waals surface area contributed by atoms with Gasteiger partial charge in [0.25, 0.3) is 0 Å². The molecule has 0 saturated heterocycles. The van der Waals surface area contributed by atoms with Gasteiger partial charge in [-0.1, -0.05) is 185 Å². The Balaban J connectivity index is 0.0000101. The van der Waals surface area contributed by atoms with Crippen LogP contribution in [0.1, 0.15) is 174 Å². The number of hydrogen-bond donors (Lipinski definition) is 0. The van der Waals surface area contributed by atoms with Crippen LogP contribution in [-0.4, -0.2) is 11.9 Å². The van der Waals surface area contributed by atoms with E-state index in [9.17, 15) is 0 Å². The number of allylic oxidation sites excluding steroid dienone is 1. The van der Waals surface area contributed by atoms with E-state index in [-0.39, 0.29) is 20.4 Å². The summed E-state index contributed by atoms with van der Waals surface area (Å²) in [6.45, 7) is 4.54. The van der Waals surface area contributed by atoms with Gasteiger partial charge < -0.3 is 0 Å². The van der Waals surface area contributed by atoms with Crippen LogP contribution in [0.15, 0.2) is 70.7 Å². The van der Waals surface area contributed by atoms with Crippen molar-refractivity contribution in [2.45, 2.75) is 168 Å². The zero-order chi connectivity index (χ0) is 31.2. The van der Waals surface area contributed by atoms with Crippen LogP contribution in [0.2, 0.25) is 0 Å². The third kappa shape index (κ3) is 24.1. The normalized spacial score (nSPS) is 11.9. The Bertz CT molecular complexity index is 1010. The third-order valence-electron chi connectivity index (χ3n) is 8.58. The monoisotopic (exact) mass is 704 g/mol. The third-order valence-corrected chi connectivity index (χ3v) is 8.58. The zero-order valence-corrected chi connectivity index (χ0v) is 30.7. The summed E-state index contributed by atoms with van der Waals surface area (Å²) < 4.78 is 0. The van der Waals surface area contributed by atoms with E-state index in [0.29, 0.717) is 0 Å². The fraction of sp³-hybridized carbons (Fsp3) is 0.619. The fourth-order valence-corrected chi connectivity index (χ4v) is 5.79. The molecule has 2 aromatic carbocycles. The van der Waals surface area contributed by atoms with Crippen LogP contribution >= 0.6 is 0 Å². The van der Waals surface area contributed by atoms with E-state index < -0.39 is 0 Å². The van der Waals surface area contributed by atoms with Gasteiger partial charge in [0, 0.05) is 26.6 Å². The van der Waals surface area contributed by atoms with Gasteiger partial charge >= 0.3 is 0 Å². The van der Waals surface area contributed by atoms with Gasteiger partial charge in [0.05, 0.1) is 17.1 Å². The molecule has 0 spiro atoms. The molecule has 2 rings (SSSR count). The van der Waals surface area contributed by atoms with Crippen molar-refractivity contribution in [2.75, 3.05) is 0 Å². The molecule has 0 aromatic heterocycles. The standard InChI is InChI=1S/C42H66N2.Pd/c1-3-5-7-8-9-10-11-12-13-14-15-16-17-18-19-20-21-22-23-24-27-31-39-32-30-36-41(37-39)44-42(35-26-6-4-2)38-43-40-33-28-25-29-34-40;/h25,27-34,36-38H,3-24,26,35H2,1-2H3;. The quantitative estimate of drug-likeness (QED) is 0.0478. The van der Waals surface area contributed by atoms with Crippen LogP contribution in [-0.2, 0) is 20.4 Å². The summed E-state index contributed by atoms with van der Waals surface area (Å²) in [4.78, 5) is 9.65. The number of benzene rings is 2. The smallest absolute Gasteiger partial charge is 0.0639 e. The Morgan fingerprint density at radius 1 is 0.533 bits per heavy atom. The molecule has 3 heteroatoms. The van der Waals surface area contributed by atoms with Crippen molar-refractivity contribution < 1.29 is 20.4 Å². The van der Waals surface area contributed by atoms with Gasteiger partial charge in [-0.2, -0.15) is 0 Å². The second-order valence-corrected chi connectivity index (χ2v) is 12.8. The van der Waals surface area contributed by atoms with Gasteiger partial charge in [0.2, 0.25) is 0 Å². The predicted molar refractivity (Wildman–Crippen MR) is 199 cm³/mol. The van der Waals surface area contributed by atoms with Gasteiger partial charge in [-0.3, -0.25) is 9.98 Å². The SMILES string of the molecule is CCCCCCCCCCCCCCCCCCCCCC=Cc1cccc(N=C(C=Nc2ccccc2)CCCCC)c1.[Pd]. The molecule has 0 heterocycles. The molecule has 254 valence electrons. The van der Waals surface area contributed by atoms with Crippen molar-refractivity contribution >= 4 is 29.4 Å². The summed E-state index contributed by atoms with van der Waals surface area (Å²) in [5.41, 5.74) is 4.28. The molecule has 0 unspecified atom stereocenters. The van der Waals surface area contributed by atoms with E-state index in [1.54, 1.807) is 0 Å². The molecule has 2 nitrogen and oxygen atoms in total. The van der Waals surface area contributed by atoms with E-state index in [4.69, 9.17) is 4.99 Å². The summed E-state index contributed by atoms with van der Waals surface area (Å²) in [7, 11) is 0. The number of nitrogens with zero attached hydrogens (tertiary/aromatic N) is 2. The van der Waals surface area contributed by atoms with Gasteiger partial charge in [-0.25, -0.2) is 0 Å². The predicted octanol–water partition coefficient (Wildman–Crippen LogP) is 14.6. The number of hydrogen-bond acceptors (Lipinski definition) is 2. The minimum Gasteiger partial charge on any atom is -0.255 e. The van der Waals surface area contributed by atoms with Crippen LogP contribution in [0.5, 0.6) is 0 Å². The minimum atomic E-state index is 0. The molecule has 0 saturated carbocycles. The average molecular weight is 705 g/mol. The first kappa shape index (κ1) is 41.2. The molecule has 0 aliphatic heterocycles. The van der Waals surface area contributed by atoms with Crippen LogP contribution in [0.25, 0.3) is 6.08 Å². The largest absolute Gasteiger partial charge is 0.255 e. The topological polar surface area (TPSA) is 24.7 Å². The molecule has 0 bridgehead atoms. The average Bonchev–Trinajstić information content (AvgIpc) is 3.05. The Morgan fingerprint density at radius 2 is 1.02 bits per heavy atom. The van der Waals surface area contributed by atoms with Gasteiger partial charge in [-0.05, 0) is 55.5 Å². The first-order chi connectivity index (χ1) is 21.8. The van der Waals surface area contributed by atoms with Gasteiger partial charge in [-0.15, -0.1) is 0 Å². The van der Waals surface area contributed by atoms with E-state index >= 15 is 0 Å². The Morgan fingerprint density at radius 3 is 1.58 bits per heavy atom. The number of unbranched alkanes of at least 4 members (excludes halogenated alkanes) is 21. The van der Waals surface area contributed by atoms with Crippen molar-refractivity contribution in [1.82, 2.24) is 0 Å². The van der Waals surface area contributed by atoms with Gasteiger partial charge in [0.1, 0.15) is 0 Å². The molecule has 0 radical (unpaired) electrons. The number of aliphatic imine (C=N–C) groups is 2. The maximum Gasteiger partial charge on any atom is 0.0639 e. The minimum absolute atomic E-state index is 0. The Hall–Kier alpha value is -1.82. The fourth-order valence-electron chi connectivity index (χ4n) is 5.79. The van der Waals surface area contributed by atoms with Gasteiger partial charge in [0.15, 0.2) is 0 Å². The van der Waals surface area contributed by atoms with Crippen LogP contribution in [0, 0.1) is 0 Å². The molecular formula is C42H66N2Pd. The summed E-state index contributed by atoms with van der Waals surface area (Å²) in [6.07, 6.45) is 39.5. The second-order valence-electron chi connectivity index (χ2n) is 12.8. The summed E-state index contributed by atoms with van der Waals surface area (Å²) in [5, 5.41) is 0. The van der Waals surface area contributed by atoms with Crippen LogP contribution < -0.4 is 0 Å². The summed E-state index contributed by atoms with van der Waals surface area (Å²) in [5.74, 6) is 0. The molecule has 2 aromatic rings. The van der Waals surface area contributed by atoms with E-state index in [1.165, 1.54) is 147 Å². The van der Waals surface area contributed by atoms with E-state index in [2.05, 4.69) is 55.3 Å². The Labute approximate surface area is 292 Å². The summed E-state index contributed by atoms with van der Waals surface area (Å²) >= 11 is 0. The first-order valence-electron chi connectivity index (χ1n) is 18.7. The molecule has 0 amide bonds. The molecule has 45 heavy (non-hydrogen) atoms. The maximum atomic E-state index is 4.98. The molecule has 0 fully saturated rings. The summed E-state index contributed by atoms with van der Waals surface area (Å²) in [6, 6.07) is 18.7. The van der Waals surface area contributed by atoms with Crippen LogP contribution in [0.3, 0.4) is 0 Å². The molecule has 0 atom stereocenters. The van der Waals surface area contributed by atoms with Crippen molar-refractivity contribution in [1.29, 1.82) is 0 Å². The first-order valence-corrected chi connectivity index (χ1v) is 18.7. The van der Waals surface area contributed by atoms with E-state index in [0.717, 1.165) is 29.9 Å². The van der Waals surface area contributed by atoms with Crippen molar-refractivity contribution in [3.8, 4) is 0 Å². The van der Waals surface area contributed by atoms with E-state index in [1.807, 2.05) is 36.5 Å². The molecule has 0 aliphatic carbocycles. The number of rotatable bonds is 28. The Kier molecular flexibility index (Phi) is 28.2. The molecule has 0 N–H and O–H groups in total. The van der Waals surface area contributed by atoms with Crippen molar-refractivity contribution in [3.63, 3.8) is 0 Å². The second kappa shape index (κ2) is 30.8. The maximum absolute atomic E-state index is 4.98. The van der Waals surface area contributed by atoms with Crippen LogP contribution in [0.4, 0.5) is 11.4 Å². The van der Waals surface area contributed by atoms with Crippen molar-refractivity contribution in [2.24, 2.45) is 9.98 Å². The molecule has 0 aliphatic rings. The zero-order valence-electron chi connectivity index (χ0n) is 29.1. The van der Waals surface area contributed by atoms with Crippen molar-refractivity contribution in [3.05, 3.63) is 66.2 Å².